The van der Waals surface area contributed by atoms with Gasteiger partial charge in [0.05, 0.1) is 6.04 Å². The van der Waals surface area contributed by atoms with Crippen LogP contribution in [0.2, 0.25) is 0 Å². The van der Waals surface area contributed by atoms with Crippen LogP contribution in [0.3, 0.4) is 0 Å². The van der Waals surface area contributed by atoms with E-state index in [1.165, 1.54) is 23.1 Å². The van der Waals surface area contributed by atoms with Gasteiger partial charge in [-0.05, 0) is 49.2 Å². The minimum Gasteiger partial charge on any atom is -0.350 e. The number of benzene rings is 2. The number of hydrogen-bond acceptors (Lipinski definition) is 2. The van der Waals surface area contributed by atoms with E-state index < -0.39 is 23.7 Å². The molecule has 0 radical (unpaired) electrons. The number of rotatable bonds is 7. The van der Waals surface area contributed by atoms with Crippen LogP contribution in [-0.4, -0.2) is 29.9 Å². The van der Waals surface area contributed by atoms with E-state index in [0.717, 1.165) is 17.7 Å². The molecule has 2 aromatic carbocycles. The Labute approximate surface area is 161 Å². The molecule has 0 saturated carbocycles. The molecule has 0 aliphatic rings. The zero-order chi connectivity index (χ0) is 20.7. The molecule has 2 rings (SSSR count). The average molecular weight is 393 g/mol. The SMILES string of the molecule is CCN(CC(=O)NCc1ccc(F)cc1)C(=O)N[C@@H](C)c1ccc(F)c(F)c1. The molecular formula is C20H22F3N3O2. The van der Waals surface area contributed by atoms with Crippen molar-refractivity contribution in [3.63, 3.8) is 0 Å². The van der Waals surface area contributed by atoms with Gasteiger partial charge in [0.25, 0.3) is 0 Å². The Hall–Kier alpha value is -3.03. The van der Waals surface area contributed by atoms with E-state index in [1.54, 1.807) is 26.0 Å². The fourth-order valence-electron chi connectivity index (χ4n) is 2.50. The minimum absolute atomic E-state index is 0.173. The van der Waals surface area contributed by atoms with Crippen LogP contribution in [0, 0.1) is 17.5 Å². The van der Waals surface area contributed by atoms with Crippen molar-refractivity contribution in [2.75, 3.05) is 13.1 Å². The van der Waals surface area contributed by atoms with E-state index >= 15 is 0 Å². The maximum Gasteiger partial charge on any atom is 0.318 e. The van der Waals surface area contributed by atoms with E-state index in [0.29, 0.717) is 5.56 Å². The summed E-state index contributed by atoms with van der Waals surface area (Å²) in [6, 6.07) is 8.04. The highest BCUT2D eigenvalue weighted by Gasteiger charge is 2.18. The molecule has 2 aromatic rings. The standard InChI is InChI=1S/C20H22F3N3O2/c1-3-26(12-19(27)24-11-14-4-7-16(21)8-5-14)20(28)25-13(2)15-6-9-17(22)18(23)10-15/h4-10,13H,3,11-12H2,1-2H3,(H,24,27)(H,25,28)/t13-/m0/s1. The third-order valence-electron chi connectivity index (χ3n) is 4.19. The fraction of sp³-hybridized carbons (Fsp3) is 0.300. The number of hydrogen-bond donors (Lipinski definition) is 2. The molecule has 3 amide bonds. The zero-order valence-corrected chi connectivity index (χ0v) is 15.6. The first-order chi connectivity index (χ1) is 13.3. The summed E-state index contributed by atoms with van der Waals surface area (Å²) in [6.45, 7) is 3.67. The summed E-state index contributed by atoms with van der Waals surface area (Å²) in [5.41, 5.74) is 1.14. The highest BCUT2D eigenvalue weighted by molar-refractivity contribution is 5.84. The second-order valence-corrected chi connectivity index (χ2v) is 6.26. The van der Waals surface area contributed by atoms with Gasteiger partial charge in [-0.2, -0.15) is 0 Å². The Bertz CT molecular complexity index is 828. The number of likely N-dealkylation sites (N-methyl/N-ethyl adjacent to an activating group) is 1. The summed E-state index contributed by atoms with van der Waals surface area (Å²) < 4.78 is 39.3. The number of halogens is 3. The molecular weight excluding hydrogens is 371 g/mol. The molecule has 0 saturated heterocycles. The largest absolute Gasteiger partial charge is 0.350 e. The first-order valence-electron chi connectivity index (χ1n) is 8.81. The molecule has 0 aliphatic carbocycles. The van der Waals surface area contributed by atoms with Crippen LogP contribution in [0.15, 0.2) is 42.5 Å². The van der Waals surface area contributed by atoms with Gasteiger partial charge < -0.3 is 15.5 Å². The zero-order valence-electron chi connectivity index (χ0n) is 15.6. The van der Waals surface area contributed by atoms with Crippen LogP contribution in [0.4, 0.5) is 18.0 Å². The molecule has 0 heterocycles. The van der Waals surface area contributed by atoms with Crippen molar-refractivity contribution in [2.24, 2.45) is 0 Å². The van der Waals surface area contributed by atoms with Crippen LogP contribution in [0.25, 0.3) is 0 Å². The van der Waals surface area contributed by atoms with Crippen molar-refractivity contribution in [2.45, 2.75) is 26.4 Å². The number of nitrogens with zero attached hydrogens (tertiary/aromatic N) is 1. The maximum atomic E-state index is 13.3. The molecule has 2 N–H and O–H groups in total. The lowest BCUT2D eigenvalue weighted by Crippen LogP contribution is -2.45. The van der Waals surface area contributed by atoms with Gasteiger partial charge in [-0.25, -0.2) is 18.0 Å². The lowest BCUT2D eigenvalue weighted by molar-refractivity contribution is -0.121. The van der Waals surface area contributed by atoms with Gasteiger partial charge in [-0.1, -0.05) is 18.2 Å². The number of carbonyl (C=O) groups is 2. The Kier molecular flexibility index (Phi) is 7.43. The molecule has 0 bridgehead atoms. The van der Waals surface area contributed by atoms with E-state index in [1.807, 2.05) is 0 Å². The summed E-state index contributed by atoms with van der Waals surface area (Å²) >= 11 is 0. The van der Waals surface area contributed by atoms with E-state index in [9.17, 15) is 22.8 Å². The topological polar surface area (TPSA) is 61.4 Å². The normalized spacial score (nSPS) is 11.6. The summed E-state index contributed by atoms with van der Waals surface area (Å²) in [5.74, 6) is -2.69. The average Bonchev–Trinajstić information content (AvgIpc) is 2.67. The van der Waals surface area contributed by atoms with E-state index in [-0.39, 0.29) is 31.4 Å². The van der Waals surface area contributed by atoms with Crippen molar-refractivity contribution < 1.29 is 22.8 Å². The molecule has 28 heavy (non-hydrogen) atoms. The fourth-order valence-corrected chi connectivity index (χ4v) is 2.50. The highest BCUT2D eigenvalue weighted by Crippen LogP contribution is 2.16. The quantitative estimate of drug-likeness (QED) is 0.756. The number of amides is 3. The molecule has 0 aromatic heterocycles. The van der Waals surface area contributed by atoms with Crippen molar-refractivity contribution in [1.82, 2.24) is 15.5 Å². The second-order valence-electron chi connectivity index (χ2n) is 6.26. The summed E-state index contributed by atoms with van der Waals surface area (Å²) in [5, 5.41) is 5.32. The third-order valence-corrected chi connectivity index (χ3v) is 4.19. The van der Waals surface area contributed by atoms with Gasteiger partial charge in [0.2, 0.25) is 5.91 Å². The Morgan fingerprint density at radius 1 is 1.04 bits per heavy atom. The van der Waals surface area contributed by atoms with Crippen molar-refractivity contribution in [3.05, 3.63) is 71.0 Å². The summed E-state index contributed by atoms with van der Waals surface area (Å²) in [7, 11) is 0. The number of urea groups is 1. The molecule has 5 nitrogen and oxygen atoms in total. The van der Waals surface area contributed by atoms with E-state index in [2.05, 4.69) is 10.6 Å². The Morgan fingerprint density at radius 2 is 1.71 bits per heavy atom. The lowest BCUT2D eigenvalue weighted by Gasteiger charge is -2.24. The van der Waals surface area contributed by atoms with Gasteiger partial charge in [0, 0.05) is 13.1 Å². The summed E-state index contributed by atoms with van der Waals surface area (Å²) in [4.78, 5) is 25.8. The van der Waals surface area contributed by atoms with Crippen LogP contribution in [-0.2, 0) is 11.3 Å². The molecule has 0 fully saturated rings. The van der Waals surface area contributed by atoms with Crippen LogP contribution >= 0.6 is 0 Å². The Morgan fingerprint density at radius 3 is 2.32 bits per heavy atom. The first kappa shape index (κ1) is 21.3. The second kappa shape index (κ2) is 9.77. The molecule has 8 heteroatoms. The van der Waals surface area contributed by atoms with Gasteiger partial charge in [0.15, 0.2) is 11.6 Å². The van der Waals surface area contributed by atoms with Crippen LogP contribution in [0.1, 0.15) is 31.0 Å². The third kappa shape index (κ3) is 6.00. The number of carbonyl (C=O) groups excluding carboxylic acids is 2. The molecule has 1 atom stereocenters. The van der Waals surface area contributed by atoms with Gasteiger partial charge in [-0.3, -0.25) is 4.79 Å². The predicted octanol–water partition coefficient (Wildman–Crippen LogP) is 3.51. The van der Waals surface area contributed by atoms with Gasteiger partial charge in [-0.15, -0.1) is 0 Å². The van der Waals surface area contributed by atoms with Crippen molar-refractivity contribution >= 4 is 11.9 Å². The Balaban J connectivity index is 1.88. The van der Waals surface area contributed by atoms with Gasteiger partial charge in [0.1, 0.15) is 12.4 Å². The summed E-state index contributed by atoms with van der Waals surface area (Å²) in [6.07, 6.45) is 0. The molecule has 150 valence electrons. The molecule has 0 spiro atoms. The van der Waals surface area contributed by atoms with Crippen LogP contribution < -0.4 is 10.6 Å². The minimum atomic E-state index is -0.994. The van der Waals surface area contributed by atoms with Crippen molar-refractivity contribution in [1.29, 1.82) is 0 Å². The smallest absolute Gasteiger partial charge is 0.318 e. The maximum absolute atomic E-state index is 13.3. The monoisotopic (exact) mass is 393 g/mol. The lowest BCUT2D eigenvalue weighted by atomic mass is 10.1. The molecule has 0 aliphatic heterocycles. The first-order valence-corrected chi connectivity index (χ1v) is 8.81. The van der Waals surface area contributed by atoms with Crippen molar-refractivity contribution in [3.8, 4) is 0 Å². The van der Waals surface area contributed by atoms with Gasteiger partial charge >= 0.3 is 6.03 Å². The number of nitrogens with one attached hydrogen (secondary N) is 2. The van der Waals surface area contributed by atoms with E-state index in [4.69, 9.17) is 0 Å². The molecule has 0 unspecified atom stereocenters. The predicted molar refractivity (Wildman–Crippen MR) is 98.8 cm³/mol. The highest BCUT2D eigenvalue weighted by atomic mass is 19.2. The van der Waals surface area contributed by atoms with Crippen LogP contribution in [0.5, 0.6) is 0 Å².